The van der Waals surface area contributed by atoms with Crippen LogP contribution in [0, 0.1) is 29.1 Å². The van der Waals surface area contributed by atoms with E-state index in [0.717, 1.165) is 25.7 Å². The summed E-state index contributed by atoms with van der Waals surface area (Å²) in [6.45, 7) is 13.9. The number of fused-ring (bicyclic) bond motifs is 1. The Labute approximate surface area is 228 Å². The quantitative estimate of drug-likeness (QED) is 0.137. The van der Waals surface area contributed by atoms with Crippen molar-refractivity contribution in [2.75, 3.05) is 0 Å². The molecule has 0 unspecified atom stereocenters. The van der Waals surface area contributed by atoms with Gasteiger partial charge in [-0.25, -0.2) is 4.79 Å². The van der Waals surface area contributed by atoms with Crippen LogP contribution in [0.2, 0.25) is 0 Å². The van der Waals surface area contributed by atoms with Crippen molar-refractivity contribution >= 4 is 11.8 Å². The van der Waals surface area contributed by atoms with Gasteiger partial charge in [-0.2, -0.15) is 0 Å². The molecule has 5 heteroatoms. The number of aliphatic hydroxyl groups excluding tert-OH is 2. The molecule has 2 aliphatic carbocycles. The number of carbonyl (C=O) groups is 2. The predicted octanol–water partition coefficient (Wildman–Crippen LogP) is 7.24. The van der Waals surface area contributed by atoms with Gasteiger partial charge in [0.1, 0.15) is 5.57 Å². The minimum absolute atomic E-state index is 0.135. The summed E-state index contributed by atoms with van der Waals surface area (Å²) < 4.78 is 5.00. The highest BCUT2D eigenvalue weighted by Gasteiger charge is 2.58. The second-order valence-electron chi connectivity index (χ2n) is 11.1. The van der Waals surface area contributed by atoms with Crippen LogP contribution in [-0.2, 0) is 14.3 Å². The molecule has 2 N–H and O–H groups in total. The van der Waals surface area contributed by atoms with Gasteiger partial charge in [0.05, 0.1) is 6.10 Å². The molecular weight excluding hydrogens is 476 g/mol. The Morgan fingerprint density at radius 2 is 1.89 bits per heavy atom. The molecule has 1 saturated carbocycles. The Morgan fingerprint density at radius 1 is 1.16 bits per heavy atom. The monoisotopic (exact) mass is 520 g/mol. The van der Waals surface area contributed by atoms with Gasteiger partial charge >= 0.3 is 5.97 Å². The molecule has 3 rings (SSSR count). The van der Waals surface area contributed by atoms with Gasteiger partial charge in [-0.1, -0.05) is 87.1 Å². The molecule has 0 aromatic heterocycles. The number of hydrogen-bond donors (Lipinski definition) is 2. The molecule has 0 amide bonds. The molecule has 1 fully saturated rings. The molecular formula is C33H44O5. The van der Waals surface area contributed by atoms with E-state index >= 15 is 0 Å². The molecule has 38 heavy (non-hydrogen) atoms. The van der Waals surface area contributed by atoms with Gasteiger partial charge in [0.2, 0.25) is 0 Å². The first-order valence-electron chi connectivity index (χ1n) is 14.0. The van der Waals surface area contributed by atoms with Crippen molar-refractivity contribution in [1.82, 2.24) is 0 Å². The topological polar surface area (TPSA) is 83.8 Å². The van der Waals surface area contributed by atoms with Crippen molar-refractivity contribution in [3.8, 4) is 0 Å². The number of ketones is 1. The van der Waals surface area contributed by atoms with Crippen molar-refractivity contribution < 1.29 is 24.5 Å². The summed E-state index contributed by atoms with van der Waals surface area (Å²) in [5, 5.41) is 21.6. The average molecular weight is 521 g/mol. The lowest BCUT2D eigenvalue weighted by Gasteiger charge is -2.53. The smallest absolute Gasteiger partial charge is 0.351 e. The van der Waals surface area contributed by atoms with Gasteiger partial charge in [0.15, 0.2) is 17.3 Å². The van der Waals surface area contributed by atoms with Gasteiger partial charge in [-0.3, -0.25) is 4.79 Å². The maximum absolute atomic E-state index is 14.2. The van der Waals surface area contributed by atoms with Crippen LogP contribution in [0.3, 0.4) is 0 Å². The van der Waals surface area contributed by atoms with Crippen LogP contribution in [0.1, 0.15) is 73.1 Å². The number of cyclic esters (lactones) is 1. The maximum Gasteiger partial charge on any atom is 0.351 e. The predicted molar refractivity (Wildman–Crippen MR) is 152 cm³/mol. The second kappa shape index (κ2) is 12.8. The van der Waals surface area contributed by atoms with E-state index in [1.54, 1.807) is 0 Å². The van der Waals surface area contributed by atoms with Crippen molar-refractivity contribution in [3.05, 3.63) is 83.4 Å². The fourth-order valence-electron chi connectivity index (χ4n) is 6.63. The zero-order valence-corrected chi connectivity index (χ0v) is 23.6. The fourth-order valence-corrected chi connectivity index (χ4v) is 6.63. The number of rotatable bonds is 10. The maximum atomic E-state index is 14.2. The summed E-state index contributed by atoms with van der Waals surface area (Å²) in [5.41, 5.74) is 1.22. The van der Waals surface area contributed by atoms with Crippen LogP contribution in [-0.4, -0.2) is 28.1 Å². The van der Waals surface area contributed by atoms with Gasteiger partial charge in [0, 0.05) is 11.3 Å². The standard InChI is InChI=1S/C33H44O5/c1-7-13-21(3)20-22(4)14-11-9-10-12-15-25-17-18-26-27(19-16-23(5)29(26)34)33(25,8-2)31(36)28-30(35)24(6)38-32(28)37/h10-14,17-18,20,23,25-27,29,34-35H,6-9,15-16,19H2,1-5H3/b12-10+,14-11+,21-13+,22-20+/t23-,25+,26-,27+,29-,33+/m0/s1. The SMILES string of the molecule is C=C1OC(=O)C(C(=O)[C@@]2(CC)[C@@H]3CC[C@H](C)[C@H](O)[C@H]3C=C[C@H]2C/C=C/C/C=C/C(C)=C/C(C)=C/CC)=C1O. The van der Waals surface area contributed by atoms with E-state index in [2.05, 4.69) is 69.9 Å². The molecule has 5 nitrogen and oxygen atoms in total. The van der Waals surface area contributed by atoms with Crippen molar-refractivity contribution in [3.63, 3.8) is 0 Å². The first-order chi connectivity index (χ1) is 18.1. The lowest BCUT2D eigenvalue weighted by atomic mass is 9.50. The molecule has 1 aliphatic heterocycles. The molecule has 0 saturated heterocycles. The van der Waals surface area contributed by atoms with E-state index in [-0.39, 0.29) is 35.0 Å². The molecule has 0 bridgehead atoms. The number of esters is 1. The van der Waals surface area contributed by atoms with E-state index in [4.69, 9.17) is 4.74 Å². The third kappa shape index (κ3) is 5.88. The molecule has 0 aromatic carbocycles. The largest absolute Gasteiger partial charge is 0.504 e. The number of aliphatic hydroxyl groups is 2. The van der Waals surface area contributed by atoms with E-state index in [9.17, 15) is 19.8 Å². The van der Waals surface area contributed by atoms with Crippen LogP contribution in [0.5, 0.6) is 0 Å². The highest BCUT2D eigenvalue weighted by Crippen LogP contribution is 2.56. The van der Waals surface area contributed by atoms with Gasteiger partial charge in [0.25, 0.3) is 0 Å². The van der Waals surface area contributed by atoms with Gasteiger partial charge < -0.3 is 14.9 Å². The Balaban J connectivity index is 1.87. The number of ether oxygens (including phenoxy) is 1. The second-order valence-corrected chi connectivity index (χ2v) is 11.1. The molecule has 0 aromatic rings. The van der Waals surface area contributed by atoms with E-state index in [1.165, 1.54) is 11.1 Å². The highest BCUT2D eigenvalue weighted by molar-refractivity contribution is 6.22. The molecule has 1 heterocycles. The van der Waals surface area contributed by atoms with Gasteiger partial charge in [-0.15, -0.1) is 0 Å². The van der Waals surface area contributed by atoms with Crippen molar-refractivity contribution in [2.24, 2.45) is 29.1 Å². The summed E-state index contributed by atoms with van der Waals surface area (Å²) in [6.07, 6.45) is 20.8. The van der Waals surface area contributed by atoms with Crippen molar-refractivity contribution in [1.29, 1.82) is 0 Å². The summed E-state index contributed by atoms with van der Waals surface area (Å²) in [6, 6.07) is 0. The lowest BCUT2D eigenvalue weighted by molar-refractivity contribution is -0.143. The van der Waals surface area contributed by atoms with Gasteiger partial charge in [-0.05, 0) is 70.1 Å². The van der Waals surface area contributed by atoms with E-state index in [0.29, 0.717) is 12.8 Å². The van der Waals surface area contributed by atoms with E-state index in [1.807, 2.05) is 19.9 Å². The minimum Gasteiger partial charge on any atom is -0.504 e. The molecule has 0 spiro atoms. The molecule has 6 atom stereocenters. The third-order valence-electron chi connectivity index (χ3n) is 8.61. The van der Waals surface area contributed by atoms with Crippen LogP contribution < -0.4 is 0 Å². The zero-order chi connectivity index (χ0) is 28.0. The first-order valence-corrected chi connectivity index (χ1v) is 14.0. The number of allylic oxidation sites excluding steroid dienone is 9. The average Bonchev–Trinajstić information content (AvgIpc) is 3.13. The van der Waals surface area contributed by atoms with Crippen LogP contribution in [0.25, 0.3) is 0 Å². The zero-order valence-electron chi connectivity index (χ0n) is 23.6. The minimum atomic E-state index is -0.934. The molecule has 206 valence electrons. The summed E-state index contributed by atoms with van der Waals surface area (Å²) >= 11 is 0. The Kier molecular flexibility index (Phi) is 9.94. The molecule has 0 radical (unpaired) electrons. The number of hydrogen-bond acceptors (Lipinski definition) is 5. The summed E-state index contributed by atoms with van der Waals surface area (Å²) in [5.74, 6) is -2.22. The van der Waals surface area contributed by atoms with Crippen LogP contribution in [0.4, 0.5) is 0 Å². The number of carbonyl (C=O) groups excluding carboxylic acids is 2. The lowest BCUT2D eigenvalue weighted by Crippen LogP contribution is -2.54. The Hall–Kier alpha value is -2.92. The first kappa shape index (κ1) is 29.6. The third-order valence-corrected chi connectivity index (χ3v) is 8.61. The molecule has 3 aliphatic rings. The number of Topliss-reactive ketones (excluding diaryl/α,β-unsaturated/α-hetero) is 1. The van der Waals surface area contributed by atoms with Crippen LogP contribution >= 0.6 is 0 Å². The van der Waals surface area contributed by atoms with E-state index < -0.39 is 29.0 Å². The normalized spacial score (nSPS) is 32.4. The van der Waals surface area contributed by atoms with Crippen molar-refractivity contribution in [2.45, 2.75) is 79.2 Å². The summed E-state index contributed by atoms with van der Waals surface area (Å²) in [4.78, 5) is 26.8. The van der Waals surface area contributed by atoms with Crippen LogP contribution in [0.15, 0.2) is 83.4 Å². The fraction of sp³-hybridized carbons (Fsp3) is 0.515. The Morgan fingerprint density at radius 3 is 2.53 bits per heavy atom. The Bertz CT molecular complexity index is 1110. The summed E-state index contributed by atoms with van der Waals surface area (Å²) in [7, 11) is 0. The highest BCUT2D eigenvalue weighted by atomic mass is 16.6.